The fourth-order valence-corrected chi connectivity index (χ4v) is 3.64. The summed E-state index contributed by atoms with van der Waals surface area (Å²) in [6, 6.07) is 8.01. The smallest absolute Gasteiger partial charge is 0.410 e. The van der Waals surface area contributed by atoms with E-state index in [4.69, 9.17) is 19.9 Å². The first-order valence-electron chi connectivity index (χ1n) is 10.7. The van der Waals surface area contributed by atoms with Gasteiger partial charge in [-0.3, -0.25) is 0 Å². The number of ether oxygens (including phenoxy) is 3. The van der Waals surface area contributed by atoms with Crippen LogP contribution in [0, 0.1) is 0 Å². The summed E-state index contributed by atoms with van der Waals surface area (Å²) in [6.07, 6.45) is 6.08. The molecule has 1 fully saturated rings. The van der Waals surface area contributed by atoms with Gasteiger partial charge >= 0.3 is 6.09 Å². The van der Waals surface area contributed by atoms with E-state index in [1.807, 2.05) is 49.9 Å². The quantitative estimate of drug-likeness (QED) is 0.719. The topological polar surface area (TPSA) is 99.8 Å². The Bertz CT molecular complexity index is 880. The molecule has 0 radical (unpaired) electrons. The standard InChI is InChI=1S/C23H32N4O4/c1-23(2,3)31-22(28)27-14-6-5-7-17(27)11-8-16-9-12-18(13-10-16)30-21-19(24)20(29-4)25-15-26-21/h9-10,12-13,15,17H,5-8,11,14,24H2,1-4H3. The van der Waals surface area contributed by atoms with Gasteiger partial charge in [0, 0.05) is 12.6 Å². The molecule has 2 heterocycles. The second-order valence-corrected chi connectivity index (χ2v) is 8.71. The van der Waals surface area contributed by atoms with Gasteiger partial charge in [0.15, 0.2) is 5.69 Å². The van der Waals surface area contributed by atoms with Gasteiger partial charge in [-0.05, 0) is 70.6 Å². The average Bonchev–Trinajstić information content (AvgIpc) is 2.74. The van der Waals surface area contributed by atoms with Crippen LogP contribution >= 0.6 is 0 Å². The fourth-order valence-electron chi connectivity index (χ4n) is 3.64. The number of hydrogen-bond donors (Lipinski definition) is 1. The van der Waals surface area contributed by atoms with Crippen LogP contribution in [0.15, 0.2) is 30.6 Å². The lowest BCUT2D eigenvalue weighted by molar-refractivity contribution is 0.00891. The van der Waals surface area contributed by atoms with Gasteiger partial charge in [0.05, 0.1) is 7.11 Å². The van der Waals surface area contributed by atoms with Crippen molar-refractivity contribution in [2.24, 2.45) is 0 Å². The molecule has 3 rings (SSSR count). The summed E-state index contributed by atoms with van der Waals surface area (Å²) in [5.41, 5.74) is 6.91. The number of nitrogen functional groups attached to an aromatic ring is 1. The summed E-state index contributed by atoms with van der Waals surface area (Å²) in [6.45, 7) is 6.46. The molecule has 31 heavy (non-hydrogen) atoms. The first kappa shape index (κ1) is 22.7. The first-order valence-corrected chi connectivity index (χ1v) is 10.7. The van der Waals surface area contributed by atoms with Crippen molar-refractivity contribution in [2.75, 3.05) is 19.4 Å². The first-order chi connectivity index (χ1) is 14.8. The van der Waals surface area contributed by atoms with E-state index < -0.39 is 5.60 Å². The summed E-state index contributed by atoms with van der Waals surface area (Å²) in [7, 11) is 1.49. The van der Waals surface area contributed by atoms with Crippen molar-refractivity contribution >= 4 is 11.8 Å². The molecule has 1 aromatic carbocycles. The number of amides is 1. The van der Waals surface area contributed by atoms with Crippen LogP contribution < -0.4 is 15.2 Å². The molecule has 168 valence electrons. The van der Waals surface area contributed by atoms with Crippen LogP contribution in [0.3, 0.4) is 0 Å². The summed E-state index contributed by atoms with van der Waals surface area (Å²) in [4.78, 5) is 22.5. The minimum Gasteiger partial charge on any atom is -0.479 e. The van der Waals surface area contributed by atoms with E-state index in [1.54, 1.807) is 0 Å². The van der Waals surface area contributed by atoms with Crippen molar-refractivity contribution in [3.8, 4) is 17.5 Å². The normalized spacial score (nSPS) is 16.6. The van der Waals surface area contributed by atoms with Crippen molar-refractivity contribution in [3.05, 3.63) is 36.2 Å². The maximum Gasteiger partial charge on any atom is 0.410 e. The lowest BCUT2D eigenvalue weighted by Gasteiger charge is -2.37. The molecule has 1 saturated heterocycles. The number of aromatic nitrogens is 2. The molecule has 0 bridgehead atoms. The van der Waals surface area contributed by atoms with Crippen molar-refractivity contribution in [2.45, 2.75) is 64.5 Å². The molecule has 1 amide bonds. The predicted molar refractivity (Wildman–Crippen MR) is 118 cm³/mol. The molecule has 0 aliphatic carbocycles. The molecule has 1 aliphatic rings. The largest absolute Gasteiger partial charge is 0.479 e. The Morgan fingerprint density at radius 2 is 1.87 bits per heavy atom. The van der Waals surface area contributed by atoms with E-state index >= 15 is 0 Å². The third-order valence-electron chi connectivity index (χ3n) is 5.16. The highest BCUT2D eigenvalue weighted by atomic mass is 16.6. The zero-order chi connectivity index (χ0) is 22.4. The summed E-state index contributed by atoms with van der Waals surface area (Å²) in [5, 5.41) is 0. The summed E-state index contributed by atoms with van der Waals surface area (Å²) < 4.78 is 16.5. The Morgan fingerprint density at radius 3 is 2.55 bits per heavy atom. The number of rotatable bonds is 6. The number of likely N-dealkylation sites (tertiary alicyclic amines) is 1. The molecule has 1 unspecified atom stereocenters. The van der Waals surface area contributed by atoms with E-state index in [0.29, 0.717) is 5.75 Å². The Hall–Kier alpha value is -3.03. The lowest BCUT2D eigenvalue weighted by Crippen LogP contribution is -2.46. The van der Waals surface area contributed by atoms with Crippen LogP contribution in [-0.4, -0.2) is 46.3 Å². The number of aryl methyl sites for hydroxylation is 1. The zero-order valence-electron chi connectivity index (χ0n) is 18.8. The minimum absolute atomic E-state index is 0.202. The van der Waals surface area contributed by atoms with Gasteiger partial charge in [0.1, 0.15) is 17.7 Å². The Kier molecular flexibility index (Phi) is 7.20. The van der Waals surface area contributed by atoms with Gasteiger partial charge in [0.2, 0.25) is 11.8 Å². The van der Waals surface area contributed by atoms with Crippen LogP contribution in [0.5, 0.6) is 17.5 Å². The van der Waals surface area contributed by atoms with Crippen LogP contribution in [0.2, 0.25) is 0 Å². The van der Waals surface area contributed by atoms with Crippen LogP contribution in [0.25, 0.3) is 0 Å². The van der Waals surface area contributed by atoms with E-state index in [2.05, 4.69) is 9.97 Å². The van der Waals surface area contributed by atoms with E-state index in [0.717, 1.165) is 38.6 Å². The molecule has 1 aromatic heterocycles. The van der Waals surface area contributed by atoms with Gasteiger partial charge in [0.25, 0.3) is 0 Å². The second kappa shape index (κ2) is 9.85. The molecule has 8 nitrogen and oxygen atoms in total. The Balaban J connectivity index is 1.59. The van der Waals surface area contributed by atoms with E-state index in [1.165, 1.54) is 19.0 Å². The fraction of sp³-hybridized carbons (Fsp3) is 0.522. The molecule has 0 saturated carbocycles. The number of anilines is 1. The highest BCUT2D eigenvalue weighted by Crippen LogP contribution is 2.30. The van der Waals surface area contributed by atoms with Crippen molar-refractivity contribution in [3.63, 3.8) is 0 Å². The molecule has 1 aliphatic heterocycles. The maximum atomic E-state index is 12.6. The van der Waals surface area contributed by atoms with Crippen LogP contribution in [0.1, 0.15) is 52.0 Å². The number of nitrogens with zero attached hydrogens (tertiary/aromatic N) is 3. The molecule has 1 atom stereocenters. The summed E-state index contributed by atoms with van der Waals surface area (Å²) >= 11 is 0. The number of methoxy groups -OCH3 is 1. The number of piperidine rings is 1. The molecule has 8 heteroatoms. The van der Waals surface area contributed by atoms with Crippen LogP contribution in [0.4, 0.5) is 10.5 Å². The lowest BCUT2D eigenvalue weighted by atomic mass is 9.96. The van der Waals surface area contributed by atoms with Gasteiger partial charge in [-0.15, -0.1) is 0 Å². The van der Waals surface area contributed by atoms with Gasteiger partial charge in [-0.2, -0.15) is 9.97 Å². The number of nitrogens with two attached hydrogens (primary N) is 1. The number of hydrogen-bond acceptors (Lipinski definition) is 7. The van der Waals surface area contributed by atoms with Gasteiger partial charge in [-0.25, -0.2) is 4.79 Å². The zero-order valence-corrected chi connectivity index (χ0v) is 18.8. The third kappa shape index (κ3) is 6.23. The Morgan fingerprint density at radius 1 is 1.16 bits per heavy atom. The van der Waals surface area contributed by atoms with E-state index in [-0.39, 0.29) is 29.6 Å². The SMILES string of the molecule is COc1ncnc(Oc2ccc(CCC3CCCCN3C(=O)OC(C)(C)C)cc2)c1N. The van der Waals surface area contributed by atoms with Gasteiger partial charge < -0.3 is 24.8 Å². The minimum atomic E-state index is -0.480. The highest BCUT2D eigenvalue weighted by molar-refractivity contribution is 5.68. The third-order valence-corrected chi connectivity index (χ3v) is 5.16. The monoisotopic (exact) mass is 428 g/mol. The van der Waals surface area contributed by atoms with Crippen molar-refractivity contribution < 1.29 is 19.0 Å². The molecule has 0 spiro atoms. The van der Waals surface area contributed by atoms with E-state index in [9.17, 15) is 4.79 Å². The Labute approximate surface area is 183 Å². The maximum absolute atomic E-state index is 12.6. The summed E-state index contributed by atoms with van der Waals surface area (Å²) in [5.74, 6) is 1.17. The molecule has 2 N–H and O–H groups in total. The van der Waals surface area contributed by atoms with Crippen molar-refractivity contribution in [1.29, 1.82) is 0 Å². The molecular weight excluding hydrogens is 396 g/mol. The average molecular weight is 429 g/mol. The predicted octanol–water partition coefficient (Wildman–Crippen LogP) is 4.58. The number of carbonyl (C=O) groups is 1. The number of benzene rings is 1. The van der Waals surface area contributed by atoms with Crippen molar-refractivity contribution in [1.82, 2.24) is 14.9 Å². The second-order valence-electron chi connectivity index (χ2n) is 8.71. The molecule has 2 aromatic rings. The highest BCUT2D eigenvalue weighted by Gasteiger charge is 2.30. The van der Waals surface area contributed by atoms with Gasteiger partial charge in [-0.1, -0.05) is 12.1 Å². The van der Waals surface area contributed by atoms with Crippen LogP contribution in [-0.2, 0) is 11.2 Å². The number of carbonyl (C=O) groups excluding carboxylic acids is 1. The molecular formula is C23H32N4O4.